The van der Waals surface area contributed by atoms with E-state index in [2.05, 4.69) is 33.0 Å². The summed E-state index contributed by atoms with van der Waals surface area (Å²) in [5, 5.41) is 3.67. The molecule has 2 rings (SSSR count). The lowest BCUT2D eigenvalue weighted by atomic mass is 9.77. The Labute approximate surface area is 131 Å². The lowest BCUT2D eigenvalue weighted by Gasteiger charge is -2.42. The van der Waals surface area contributed by atoms with Crippen LogP contribution < -0.4 is 5.32 Å². The van der Waals surface area contributed by atoms with E-state index in [1.54, 1.807) is 0 Å². The molecule has 0 aromatic rings. The first-order chi connectivity index (χ1) is 9.92. The predicted octanol–water partition coefficient (Wildman–Crippen LogP) is 3.91. The van der Waals surface area contributed by atoms with Crippen LogP contribution in [0.15, 0.2) is 0 Å². The van der Waals surface area contributed by atoms with Crippen molar-refractivity contribution in [1.29, 1.82) is 0 Å². The zero-order chi connectivity index (χ0) is 15.3. The smallest absolute Gasteiger partial charge is 0.0809 e. The number of rotatable bonds is 6. The quantitative estimate of drug-likeness (QED) is 0.806. The van der Waals surface area contributed by atoms with E-state index in [-0.39, 0.29) is 11.1 Å². The number of hydrogen-bond acceptors (Lipinski definition) is 3. The van der Waals surface area contributed by atoms with Gasteiger partial charge in [-0.1, -0.05) is 13.3 Å². The minimum Gasteiger partial charge on any atom is -0.376 e. The Morgan fingerprint density at radius 2 is 1.90 bits per heavy atom. The molecule has 0 radical (unpaired) electrons. The molecule has 0 amide bonds. The first kappa shape index (κ1) is 17.2. The molecule has 1 atom stereocenters. The van der Waals surface area contributed by atoms with Crippen molar-refractivity contribution in [3.63, 3.8) is 0 Å². The molecule has 2 aliphatic rings. The van der Waals surface area contributed by atoms with Gasteiger partial charge in [0.25, 0.3) is 0 Å². The summed E-state index contributed by atoms with van der Waals surface area (Å²) in [6.45, 7) is 11.7. The zero-order valence-corrected chi connectivity index (χ0v) is 14.5. The van der Waals surface area contributed by atoms with E-state index in [9.17, 15) is 0 Å². The van der Waals surface area contributed by atoms with Gasteiger partial charge in [0.05, 0.1) is 18.3 Å². The summed E-state index contributed by atoms with van der Waals surface area (Å²) in [6, 6.07) is 0. The monoisotopic (exact) mass is 297 g/mol. The molecule has 1 N–H and O–H groups in total. The van der Waals surface area contributed by atoms with Crippen LogP contribution in [0, 0.1) is 5.92 Å². The fraction of sp³-hybridized carbons (Fsp3) is 1.00. The van der Waals surface area contributed by atoms with Gasteiger partial charge >= 0.3 is 0 Å². The third kappa shape index (κ3) is 5.54. The zero-order valence-electron chi connectivity index (χ0n) is 14.5. The molecular weight excluding hydrogens is 262 g/mol. The third-order valence-electron chi connectivity index (χ3n) is 5.13. The molecule has 0 spiro atoms. The van der Waals surface area contributed by atoms with E-state index >= 15 is 0 Å². The summed E-state index contributed by atoms with van der Waals surface area (Å²) >= 11 is 0. The average Bonchev–Trinajstić information content (AvgIpc) is 2.97. The number of nitrogens with one attached hydrogen (secondary N) is 1. The molecular formula is C18H35NO2. The highest BCUT2D eigenvalue weighted by Crippen LogP contribution is 2.36. The highest BCUT2D eigenvalue weighted by Gasteiger charge is 2.37. The van der Waals surface area contributed by atoms with Gasteiger partial charge in [-0.15, -0.1) is 0 Å². The van der Waals surface area contributed by atoms with Crippen LogP contribution in [-0.4, -0.2) is 37.0 Å². The van der Waals surface area contributed by atoms with Crippen molar-refractivity contribution in [3.8, 4) is 0 Å². The second-order valence-corrected chi connectivity index (χ2v) is 8.08. The first-order valence-corrected chi connectivity index (χ1v) is 8.93. The van der Waals surface area contributed by atoms with E-state index in [0.717, 1.165) is 25.7 Å². The van der Waals surface area contributed by atoms with Crippen LogP contribution in [0.2, 0.25) is 0 Å². The molecule has 0 aromatic carbocycles. The highest BCUT2D eigenvalue weighted by atomic mass is 16.5. The molecule has 3 nitrogen and oxygen atoms in total. The van der Waals surface area contributed by atoms with Crippen LogP contribution >= 0.6 is 0 Å². The fourth-order valence-corrected chi connectivity index (χ4v) is 3.46. The van der Waals surface area contributed by atoms with Gasteiger partial charge < -0.3 is 14.8 Å². The Morgan fingerprint density at radius 1 is 1.19 bits per heavy atom. The molecule has 1 saturated heterocycles. The lowest BCUT2D eigenvalue weighted by molar-refractivity contribution is -0.108. The number of ether oxygens (including phenoxy) is 2. The molecule has 0 aromatic heterocycles. The first-order valence-electron chi connectivity index (χ1n) is 8.93. The maximum atomic E-state index is 6.46. The molecule has 21 heavy (non-hydrogen) atoms. The lowest BCUT2D eigenvalue weighted by Crippen LogP contribution is -2.51. The second-order valence-electron chi connectivity index (χ2n) is 8.08. The van der Waals surface area contributed by atoms with E-state index in [0.29, 0.717) is 6.10 Å². The van der Waals surface area contributed by atoms with Crippen LogP contribution in [0.5, 0.6) is 0 Å². The van der Waals surface area contributed by atoms with Gasteiger partial charge in [0.15, 0.2) is 0 Å². The van der Waals surface area contributed by atoms with Gasteiger partial charge in [-0.25, -0.2) is 0 Å². The Morgan fingerprint density at radius 3 is 2.43 bits per heavy atom. The molecule has 124 valence electrons. The topological polar surface area (TPSA) is 30.5 Å². The van der Waals surface area contributed by atoms with Gasteiger partial charge in [-0.05, 0) is 65.2 Å². The number of hydrogen-bond donors (Lipinski definition) is 1. The van der Waals surface area contributed by atoms with E-state index in [1.165, 1.54) is 44.9 Å². The summed E-state index contributed by atoms with van der Waals surface area (Å²) in [5.41, 5.74) is 0.187. The summed E-state index contributed by atoms with van der Waals surface area (Å²) in [7, 11) is 0. The van der Waals surface area contributed by atoms with Crippen molar-refractivity contribution in [2.75, 3.05) is 19.8 Å². The predicted molar refractivity (Wildman–Crippen MR) is 87.7 cm³/mol. The summed E-state index contributed by atoms with van der Waals surface area (Å²) in [4.78, 5) is 0. The van der Waals surface area contributed by atoms with Crippen molar-refractivity contribution in [3.05, 3.63) is 0 Å². The van der Waals surface area contributed by atoms with Crippen LogP contribution in [0.4, 0.5) is 0 Å². The van der Waals surface area contributed by atoms with Crippen LogP contribution in [-0.2, 0) is 9.47 Å². The van der Waals surface area contributed by atoms with Crippen molar-refractivity contribution in [1.82, 2.24) is 5.32 Å². The standard InChI is InChI=1S/C18H35NO2/c1-5-15-8-10-18(11-9-15,14-19-17(2,3)4)21-13-16-7-6-12-20-16/h15-16,19H,5-14H2,1-4H3. The third-order valence-corrected chi connectivity index (χ3v) is 5.13. The van der Waals surface area contributed by atoms with Gasteiger partial charge in [0.1, 0.15) is 0 Å². The maximum absolute atomic E-state index is 6.46. The van der Waals surface area contributed by atoms with Crippen molar-refractivity contribution >= 4 is 0 Å². The Kier molecular flexibility index (Phi) is 6.10. The van der Waals surface area contributed by atoms with Crippen LogP contribution in [0.3, 0.4) is 0 Å². The summed E-state index contributed by atoms with van der Waals surface area (Å²) < 4.78 is 12.2. The molecule has 0 bridgehead atoms. The summed E-state index contributed by atoms with van der Waals surface area (Å²) in [5.74, 6) is 0.902. The molecule has 1 heterocycles. The molecule has 1 aliphatic heterocycles. The second kappa shape index (κ2) is 7.43. The Balaban J connectivity index is 1.89. The van der Waals surface area contributed by atoms with Gasteiger partial charge in [0, 0.05) is 18.7 Å². The van der Waals surface area contributed by atoms with Gasteiger partial charge in [-0.3, -0.25) is 0 Å². The van der Waals surface area contributed by atoms with Gasteiger partial charge in [0.2, 0.25) is 0 Å². The van der Waals surface area contributed by atoms with E-state index < -0.39 is 0 Å². The van der Waals surface area contributed by atoms with Crippen molar-refractivity contribution in [2.45, 2.75) is 89.9 Å². The van der Waals surface area contributed by atoms with Crippen molar-refractivity contribution in [2.24, 2.45) is 5.92 Å². The largest absolute Gasteiger partial charge is 0.376 e. The van der Waals surface area contributed by atoms with E-state index in [4.69, 9.17) is 9.47 Å². The molecule has 1 saturated carbocycles. The minimum absolute atomic E-state index is 0.0326. The SMILES string of the molecule is CCC1CCC(CNC(C)(C)C)(OCC2CCCO2)CC1. The maximum Gasteiger partial charge on any atom is 0.0809 e. The normalized spacial score (nSPS) is 34.3. The molecule has 1 aliphatic carbocycles. The average molecular weight is 297 g/mol. The van der Waals surface area contributed by atoms with E-state index in [1.807, 2.05) is 0 Å². The molecule has 1 unspecified atom stereocenters. The van der Waals surface area contributed by atoms with Crippen LogP contribution in [0.1, 0.15) is 72.6 Å². The Bertz CT molecular complexity index is 297. The highest BCUT2D eigenvalue weighted by molar-refractivity contribution is 4.91. The molecule has 3 heteroatoms. The van der Waals surface area contributed by atoms with Crippen LogP contribution in [0.25, 0.3) is 0 Å². The van der Waals surface area contributed by atoms with Gasteiger partial charge in [-0.2, -0.15) is 0 Å². The van der Waals surface area contributed by atoms with Crippen molar-refractivity contribution < 1.29 is 9.47 Å². The molecule has 2 fully saturated rings. The minimum atomic E-state index is 0.0326. The fourth-order valence-electron chi connectivity index (χ4n) is 3.46. The Hall–Kier alpha value is -0.120. The summed E-state index contributed by atoms with van der Waals surface area (Å²) in [6.07, 6.45) is 9.03.